The molecule has 3 aliphatic rings. The van der Waals surface area contributed by atoms with Crippen LogP contribution in [0, 0.1) is 10.8 Å². The molecule has 37 heavy (non-hydrogen) atoms. The van der Waals surface area contributed by atoms with Gasteiger partial charge in [0.1, 0.15) is 17.3 Å². The first-order valence-corrected chi connectivity index (χ1v) is 15.3. The third-order valence-electron chi connectivity index (χ3n) is 7.68. The summed E-state index contributed by atoms with van der Waals surface area (Å²) >= 11 is 7.44. The molecule has 0 unspecified atom stereocenters. The van der Waals surface area contributed by atoms with Gasteiger partial charge in [0.2, 0.25) is 0 Å². The molecule has 1 aliphatic heterocycles. The predicted molar refractivity (Wildman–Crippen MR) is 155 cm³/mol. The quantitative estimate of drug-likeness (QED) is 0.254. The van der Waals surface area contributed by atoms with Gasteiger partial charge in [0.05, 0.1) is 15.6 Å². The number of hydrogen-bond acceptors (Lipinski definition) is 4. The van der Waals surface area contributed by atoms with E-state index in [0.29, 0.717) is 43.4 Å². The topological polar surface area (TPSA) is 52.6 Å². The molecule has 0 amide bonds. The average molecular weight is 636 g/mol. The number of carbonyl (C=O) groups is 2. The number of Topliss-reactive ketones (excluding diaryl/α,β-unsaturated/α-hetero) is 2. The zero-order valence-corrected chi connectivity index (χ0v) is 26.1. The smallest absolute Gasteiger partial charge is 0.163 e. The van der Waals surface area contributed by atoms with Crippen molar-refractivity contribution in [3.05, 3.63) is 49.3 Å². The number of allylic oxidation sites excluding steroid dienone is 4. The van der Waals surface area contributed by atoms with Gasteiger partial charge in [0, 0.05) is 42.7 Å². The number of ether oxygens (including phenoxy) is 2. The van der Waals surface area contributed by atoms with Crippen molar-refractivity contribution in [2.45, 2.75) is 105 Å². The summed E-state index contributed by atoms with van der Waals surface area (Å²) in [5, 5.41) is 0. The lowest BCUT2D eigenvalue weighted by atomic mass is 9.65. The van der Waals surface area contributed by atoms with Gasteiger partial charge >= 0.3 is 0 Å². The molecule has 0 N–H and O–H groups in total. The van der Waals surface area contributed by atoms with Crippen LogP contribution in [-0.4, -0.2) is 18.2 Å². The van der Waals surface area contributed by atoms with Gasteiger partial charge in [-0.3, -0.25) is 9.59 Å². The normalized spacial score (nSPS) is 21.1. The Kier molecular flexibility index (Phi) is 8.79. The zero-order chi connectivity index (χ0) is 27.0. The van der Waals surface area contributed by atoms with Gasteiger partial charge < -0.3 is 9.47 Å². The van der Waals surface area contributed by atoms with E-state index >= 15 is 0 Å². The van der Waals surface area contributed by atoms with Crippen molar-refractivity contribution in [3.63, 3.8) is 0 Å². The number of hydrogen-bond donors (Lipinski definition) is 0. The van der Waals surface area contributed by atoms with Crippen LogP contribution in [0.4, 0.5) is 0 Å². The van der Waals surface area contributed by atoms with Gasteiger partial charge in [0.15, 0.2) is 11.6 Å². The lowest BCUT2D eigenvalue weighted by Crippen LogP contribution is -2.37. The number of rotatable bonds is 9. The molecule has 4 nitrogen and oxygen atoms in total. The van der Waals surface area contributed by atoms with E-state index in [0.717, 1.165) is 38.2 Å². The Morgan fingerprint density at radius 2 is 1.30 bits per heavy atom. The summed E-state index contributed by atoms with van der Waals surface area (Å²) in [5.41, 5.74) is 1.90. The molecule has 0 bridgehead atoms. The lowest BCUT2D eigenvalue weighted by molar-refractivity contribution is -0.120. The Morgan fingerprint density at radius 1 is 0.811 bits per heavy atom. The van der Waals surface area contributed by atoms with Crippen molar-refractivity contribution >= 4 is 43.4 Å². The first kappa shape index (κ1) is 28.6. The minimum atomic E-state index is -0.411. The minimum Gasteiger partial charge on any atom is -0.491 e. The van der Waals surface area contributed by atoms with E-state index in [9.17, 15) is 9.59 Å². The van der Waals surface area contributed by atoms with Gasteiger partial charge in [-0.2, -0.15) is 0 Å². The number of ketones is 2. The summed E-state index contributed by atoms with van der Waals surface area (Å²) in [4.78, 5) is 27.0. The van der Waals surface area contributed by atoms with Gasteiger partial charge in [-0.15, -0.1) is 0 Å². The van der Waals surface area contributed by atoms with E-state index in [1.165, 1.54) is 32.1 Å². The molecular formula is C31H40Br2O4. The first-order valence-electron chi connectivity index (χ1n) is 13.7. The van der Waals surface area contributed by atoms with Crippen molar-refractivity contribution < 1.29 is 19.1 Å². The molecule has 0 saturated heterocycles. The highest BCUT2D eigenvalue weighted by atomic mass is 79.9. The van der Waals surface area contributed by atoms with Crippen molar-refractivity contribution in [3.8, 4) is 5.75 Å². The van der Waals surface area contributed by atoms with Crippen LogP contribution < -0.4 is 4.74 Å². The van der Waals surface area contributed by atoms with Crippen LogP contribution in [0.1, 0.15) is 110 Å². The third kappa shape index (κ3) is 6.43. The van der Waals surface area contributed by atoms with Crippen LogP contribution in [-0.2, 0) is 14.3 Å². The molecule has 6 heteroatoms. The SMILES string of the molecule is CCCCCCCCOc1c(Br)cc(C2C3=C(CC(C)(C)CC3=O)OC3=C2C(=O)CC(C)(C)C3)cc1Br. The standard InChI is InChI=1S/C31H40Br2O4/c1-6-7-8-9-10-11-12-36-29-20(32)13-19(14-21(29)33)26-27-22(34)15-30(2,3)17-24(27)37-25-18-31(4,5)16-23(35)28(25)26/h13-14,26H,6-12,15-18H2,1-5H3. The molecule has 1 heterocycles. The predicted octanol–water partition coefficient (Wildman–Crippen LogP) is 9.35. The fraction of sp³-hybridized carbons (Fsp3) is 0.613. The maximum atomic E-state index is 13.5. The van der Waals surface area contributed by atoms with Gasteiger partial charge in [-0.25, -0.2) is 0 Å². The highest BCUT2D eigenvalue weighted by molar-refractivity contribution is 9.11. The van der Waals surface area contributed by atoms with Crippen LogP contribution in [0.25, 0.3) is 0 Å². The van der Waals surface area contributed by atoms with Crippen LogP contribution in [0.5, 0.6) is 5.75 Å². The van der Waals surface area contributed by atoms with E-state index in [-0.39, 0.29) is 22.4 Å². The van der Waals surface area contributed by atoms with Crippen molar-refractivity contribution in [1.29, 1.82) is 0 Å². The fourth-order valence-corrected chi connectivity index (χ4v) is 7.40. The summed E-state index contributed by atoms with van der Waals surface area (Å²) in [6.45, 7) is 11.3. The highest BCUT2D eigenvalue weighted by Gasteiger charge is 2.48. The molecule has 202 valence electrons. The van der Waals surface area contributed by atoms with Crippen LogP contribution in [0.2, 0.25) is 0 Å². The summed E-state index contributed by atoms with van der Waals surface area (Å²) in [5.74, 6) is 2.00. The maximum absolute atomic E-state index is 13.5. The van der Waals surface area contributed by atoms with E-state index in [4.69, 9.17) is 9.47 Å². The second kappa shape index (κ2) is 11.4. The Morgan fingerprint density at radius 3 is 1.81 bits per heavy atom. The van der Waals surface area contributed by atoms with E-state index in [1.54, 1.807) is 0 Å². The fourth-order valence-electron chi connectivity index (χ4n) is 5.95. The largest absolute Gasteiger partial charge is 0.491 e. The third-order valence-corrected chi connectivity index (χ3v) is 8.86. The monoisotopic (exact) mass is 634 g/mol. The summed E-state index contributed by atoms with van der Waals surface area (Å²) in [6, 6.07) is 4.04. The molecule has 0 fully saturated rings. The van der Waals surface area contributed by atoms with E-state index < -0.39 is 5.92 Å². The molecule has 0 radical (unpaired) electrons. The Balaban J connectivity index is 1.66. The second-order valence-corrected chi connectivity index (χ2v) is 14.2. The maximum Gasteiger partial charge on any atom is 0.163 e. The molecule has 2 aliphatic carbocycles. The Labute approximate surface area is 238 Å². The molecule has 0 aromatic heterocycles. The van der Waals surface area contributed by atoms with Gasteiger partial charge in [0.25, 0.3) is 0 Å². The lowest BCUT2D eigenvalue weighted by Gasteiger charge is -2.42. The number of carbonyl (C=O) groups excluding carboxylic acids is 2. The van der Waals surface area contributed by atoms with Crippen molar-refractivity contribution in [2.75, 3.05) is 6.61 Å². The molecule has 0 atom stereocenters. The molecule has 4 rings (SSSR count). The van der Waals surface area contributed by atoms with E-state index in [2.05, 4.69) is 66.5 Å². The molecule has 1 aromatic carbocycles. The zero-order valence-electron chi connectivity index (χ0n) is 22.9. The number of halogens is 2. The van der Waals surface area contributed by atoms with E-state index in [1.807, 2.05) is 12.1 Å². The molecule has 1 aromatic rings. The highest BCUT2D eigenvalue weighted by Crippen LogP contribution is 2.54. The number of unbranched alkanes of at least 4 members (excludes halogenated alkanes) is 5. The first-order chi connectivity index (χ1) is 17.4. The Bertz CT molecular complexity index is 1070. The summed E-state index contributed by atoms with van der Waals surface area (Å²) in [7, 11) is 0. The van der Waals surface area contributed by atoms with Gasteiger partial charge in [-0.05, 0) is 66.8 Å². The molecule has 0 spiro atoms. The van der Waals surface area contributed by atoms with Gasteiger partial charge in [-0.1, -0.05) is 66.7 Å². The second-order valence-electron chi connectivity index (χ2n) is 12.5. The molecule has 0 saturated carbocycles. The molecular weight excluding hydrogens is 596 g/mol. The van der Waals surface area contributed by atoms with Crippen molar-refractivity contribution in [1.82, 2.24) is 0 Å². The number of benzene rings is 1. The minimum absolute atomic E-state index is 0.0797. The van der Waals surface area contributed by atoms with Crippen LogP contribution in [0.3, 0.4) is 0 Å². The Hall–Kier alpha value is -1.40. The summed E-state index contributed by atoms with van der Waals surface area (Å²) < 4.78 is 14.2. The van der Waals surface area contributed by atoms with Crippen LogP contribution in [0.15, 0.2) is 43.7 Å². The average Bonchev–Trinajstić information content (AvgIpc) is 2.76. The summed E-state index contributed by atoms with van der Waals surface area (Å²) in [6.07, 6.45) is 9.55. The van der Waals surface area contributed by atoms with Crippen molar-refractivity contribution in [2.24, 2.45) is 10.8 Å². The van der Waals surface area contributed by atoms with Crippen LogP contribution >= 0.6 is 31.9 Å².